The Morgan fingerprint density at radius 3 is 2.79 bits per heavy atom. The maximum atomic E-state index is 11.0. The number of halogens is 1. The normalized spacial score (nSPS) is 12.1. The highest BCUT2D eigenvalue weighted by Gasteiger charge is 2.14. The summed E-state index contributed by atoms with van der Waals surface area (Å²) >= 11 is 6.75. The van der Waals surface area contributed by atoms with E-state index in [4.69, 9.17) is 16.7 Å². The van der Waals surface area contributed by atoms with Crippen molar-refractivity contribution in [3.8, 4) is 0 Å². The molecule has 0 fully saturated rings. The number of nitrogens with two attached hydrogens (primary N) is 1. The molecule has 74 valence electrons. The van der Waals surface area contributed by atoms with Crippen molar-refractivity contribution in [1.82, 2.24) is 4.98 Å². The first-order valence-corrected chi connectivity index (χ1v) is 6.30. The molecular formula is C7H5ClN2O2S2. The summed E-state index contributed by atoms with van der Waals surface area (Å²) in [6.07, 6.45) is 0. The summed E-state index contributed by atoms with van der Waals surface area (Å²) in [6, 6.07) is 4.96. The summed E-state index contributed by atoms with van der Waals surface area (Å²) in [7, 11) is -3.71. The van der Waals surface area contributed by atoms with Crippen LogP contribution in [-0.4, -0.2) is 13.4 Å². The third kappa shape index (κ3) is 1.74. The zero-order chi connectivity index (χ0) is 10.3. The third-order valence-corrected chi connectivity index (χ3v) is 4.15. The van der Waals surface area contributed by atoms with Crippen molar-refractivity contribution >= 4 is 43.2 Å². The molecule has 0 atom stereocenters. The fraction of sp³-hybridized carbons (Fsp3) is 0. The van der Waals surface area contributed by atoms with Gasteiger partial charge in [-0.1, -0.05) is 11.6 Å². The Morgan fingerprint density at radius 1 is 1.43 bits per heavy atom. The van der Waals surface area contributed by atoms with Crippen LogP contribution >= 0.6 is 22.9 Å². The molecule has 0 aliphatic heterocycles. The second-order valence-electron chi connectivity index (χ2n) is 2.64. The summed E-state index contributed by atoms with van der Waals surface area (Å²) in [5, 5.41) is 5.49. The van der Waals surface area contributed by atoms with Crippen LogP contribution in [0.2, 0.25) is 5.02 Å². The van der Waals surface area contributed by atoms with Gasteiger partial charge in [0.1, 0.15) is 0 Å². The lowest BCUT2D eigenvalue weighted by atomic mass is 10.3. The zero-order valence-corrected chi connectivity index (χ0v) is 9.16. The van der Waals surface area contributed by atoms with Crippen LogP contribution in [-0.2, 0) is 10.0 Å². The molecule has 1 aromatic heterocycles. The maximum Gasteiger partial charge on any atom is 0.265 e. The minimum absolute atomic E-state index is 0.0882. The first-order valence-electron chi connectivity index (χ1n) is 3.56. The Bertz CT molecular complexity index is 591. The van der Waals surface area contributed by atoms with E-state index in [0.29, 0.717) is 15.2 Å². The monoisotopic (exact) mass is 248 g/mol. The van der Waals surface area contributed by atoms with Crippen molar-refractivity contribution in [2.45, 2.75) is 4.34 Å². The molecule has 2 rings (SSSR count). The van der Waals surface area contributed by atoms with E-state index >= 15 is 0 Å². The van der Waals surface area contributed by atoms with Gasteiger partial charge in [-0.05, 0) is 18.2 Å². The number of aromatic nitrogens is 1. The highest BCUT2D eigenvalue weighted by molar-refractivity contribution is 7.91. The van der Waals surface area contributed by atoms with E-state index in [1.54, 1.807) is 18.2 Å². The SMILES string of the molecule is NS(=O)(=O)c1nc2ccc(Cl)cc2s1. The Labute approximate surface area is 89.4 Å². The topological polar surface area (TPSA) is 73.1 Å². The molecule has 0 saturated heterocycles. The molecule has 0 aliphatic rings. The molecule has 0 radical (unpaired) electrons. The van der Waals surface area contributed by atoms with Gasteiger partial charge in [0, 0.05) is 5.02 Å². The molecule has 0 aliphatic carbocycles. The van der Waals surface area contributed by atoms with Gasteiger partial charge < -0.3 is 0 Å². The molecule has 0 saturated carbocycles. The van der Waals surface area contributed by atoms with Gasteiger partial charge in [-0.3, -0.25) is 0 Å². The van der Waals surface area contributed by atoms with E-state index in [1.165, 1.54) is 0 Å². The van der Waals surface area contributed by atoms with Gasteiger partial charge in [0.05, 0.1) is 10.2 Å². The third-order valence-electron chi connectivity index (χ3n) is 1.57. The van der Waals surface area contributed by atoms with E-state index in [0.717, 1.165) is 11.3 Å². The number of sulfonamides is 1. The molecule has 2 N–H and O–H groups in total. The number of rotatable bonds is 1. The van der Waals surface area contributed by atoms with Crippen LogP contribution in [0.15, 0.2) is 22.5 Å². The molecular weight excluding hydrogens is 244 g/mol. The summed E-state index contributed by atoms with van der Waals surface area (Å²) in [5.41, 5.74) is 0.587. The van der Waals surface area contributed by atoms with Crippen LogP contribution in [0, 0.1) is 0 Å². The quantitative estimate of drug-likeness (QED) is 0.833. The minimum atomic E-state index is -3.71. The Hall–Kier alpha value is -0.690. The van der Waals surface area contributed by atoms with Gasteiger partial charge >= 0.3 is 0 Å². The average molecular weight is 249 g/mol. The van der Waals surface area contributed by atoms with E-state index in [-0.39, 0.29) is 4.34 Å². The van der Waals surface area contributed by atoms with E-state index < -0.39 is 10.0 Å². The maximum absolute atomic E-state index is 11.0. The number of fused-ring (bicyclic) bond motifs is 1. The summed E-state index contributed by atoms with van der Waals surface area (Å²) in [6.45, 7) is 0. The van der Waals surface area contributed by atoms with Gasteiger partial charge in [-0.15, -0.1) is 11.3 Å². The van der Waals surface area contributed by atoms with Gasteiger partial charge in [0.2, 0.25) is 4.34 Å². The molecule has 1 aromatic carbocycles. The van der Waals surface area contributed by atoms with Gasteiger partial charge in [-0.25, -0.2) is 18.5 Å². The molecule has 0 unspecified atom stereocenters. The Kier molecular flexibility index (Phi) is 2.23. The van der Waals surface area contributed by atoms with Crippen LogP contribution in [0.4, 0.5) is 0 Å². The first-order chi connectivity index (χ1) is 6.47. The van der Waals surface area contributed by atoms with Gasteiger partial charge in [-0.2, -0.15) is 0 Å². The van der Waals surface area contributed by atoms with Gasteiger partial charge in [0.15, 0.2) is 0 Å². The second-order valence-corrected chi connectivity index (χ2v) is 5.84. The first kappa shape index (κ1) is 9.85. The van der Waals surface area contributed by atoms with E-state index in [9.17, 15) is 8.42 Å². The van der Waals surface area contributed by atoms with Crippen LogP contribution in [0.1, 0.15) is 0 Å². The predicted octanol–water partition coefficient (Wildman–Crippen LogP) is 1.60. The lowest BCUT2D eigenvalue weighted by Crippen LogP contribution is -2.11. The van der Waals surface area contributed by atoms with Crippen LogP contribution < -0.4 is 5.14 Å². The number of hydrogen-bond acceptors (Lipinski definition) is 4. The zero-order valence-electron chi connectivity index (χ0n) is 6.77. The van der Waals surface area contributed by atoms with Crippen molar-refractivity contribution in [2.24, 2.45) is 5.14 Å². The number of benzene rings is 1. The standard InChI is InChI=1S/C7H5ClN2O2S2/c8-4-1-2-5-6(3-4)13-7(10-5)14(9,11)12/h1-3H,(H2,9,11,12). The molecule has 4 nitrogen and oxygen atoms in total. The summed E-state index contributed by atoms with van der Waals surface area (Å²) in [5.74, 6) is 0. The fourth-order valence-electron chi connectivity index (χ4n) is 0.999. The fourth-order valence-corrected chi connectivity index (χ4v) is 2.93. The van der Waals surface area contributed by atoms with Crippen LogP contribution in [0.3, 0.4) is 0 Å². The van der Waals surface area contributed by atoms with Crippen molar-refractivity contribution in [3.05, 3.63) is 23.2 Å². The lowest BCUT2D eigenvalue weighted by Gasteiger charge is -1.86. The Morgan fingerprint density at radius 2 is 2.14 bits per heavy atom. The second kappa shape index (κ2) is 3.16. The molecule has 0 bridgehead atoms. The molecule has 14 heavy (non-hydrogen) atoms. The highest BCUT2D eigenvalue weighted by Crippen LogP contribution is 2.26. The van der Waals surface area contributed by atoms with Crippen molar-refractivity contribution in [3.63, 3.8) is 0 Å². The molecule has 1 heterocycles. The van der Waals surface area contributed by atoms with E-state index in [1.807, 2.05) is 0 Å². The number of hydrogen-bond donors (Lipinski definition) is 1. The molecule has 0 amide bonds. The average Bonchev–Trinajstić information content (AvgIpc) is 2.45. The van der Waals surface area contributed by atoms with Crippen molar-refractivity contribution in [2.75, 3.05) is 0 Å². The predicted molar refractivity (Wildman–Crippen MR) is 56.0 cm³/mol. The highest BCUT2D eigenvalue weighted by atomic mass is 35.5. The number of nitrogens with zero attached hydrogens (tertiary/aromatic N) is 1. The van der Waals surface area contributed by atoms with Gasteiger partial charge in [0.25, 0.3) is 10.0 Å². The molecule has 7 heteroatoms. The van der Waals surface area contributed by atoms with Crippen LogP contribution in [0.25, 0.3) is 10.2 Å². The van der Waals surface area contributed by atoms with Crippen LogP contribution in [0.5, 0.6) is 0 Å². The molecule has 2 aromatic rings. The summed E-state index contributed by atoms with van der Waals surface area (Å²) in [4.78, 5) is 3.87. The Balaban J connectivity index is 2.75. The number of primary sulfonamides is 1. The lowest BCUT2D eigenvalue weighted by molar-refractivity contribution is 0.597. The molecule has 0 spiro atoms. The summed E-state index contributed by atoms with van der Waals surface area (Å²) < 4.78 is 22.6. The van der Waals surface area contributed by atoms with Crippen molar-refractivity contribution in [1.29, 1.82) is 0 Å². The minimum Gasteiger partial charge on any atom is -0.224 e. The number of thiazole rings is 1. The largest absolute Gasteiger partial charge is 0.265 e. The van der Waals surface area contributed by atoms with E-state index in [2.05, 4.69) is 4.98 Å². The van der Waals surface area contributed by atoms with Crippen molar-refractivity contribution < 1.29 is 8.42 Å². The smallest absolute Gasteiger partial charge is 0.224 e.